The Balaban J connectivity index is 1.74. The smallest absolute Gasteiger partial charge is 0.413 e. The molecule has 1 heterocycles. The van der Waals surface area contributed by atoms with Gasteiger partial charge in [0.05, 0.1) is 0 Å². The second-order valence-electron chi connectivity index (χ2n) is 6.93. The van der Waals surface area contributed by atoms with E-state index in [2.05, 4.69) is 4.98 Å². The van der Waals surface area contributed by atoms with Crippen molar-refractivity contribution in [2.24, 2.45) is 0 Å². The Morgan fingerprint density at radius 1 is 1.20 bits per heavy atom. The number of pyridine rings is 1. The average Bonchev–Trinajstić information content (AvgIpc) is 2.74. The number of aromatic nitrogens is 1. The van der Waals surface area contributed by atoms with Crippen LogP contribution in [-0.2, 0) is 19.8 Å². The van der Waals surface area contributed by atoms with E-state index in [9.17, 15) is 14.4 Å². The van der Waals surface area contributed by atoms with Crippen LogP contribution in [0.3, 0.4) is 0 Å². The molecule has 1 aromatic heterocycles. The van der Waals surface area contributed by atoms with Gasteiger partial charge in [-0.2, -0.15) is 0 Å². The number of ketones is 1. The third-order valence-electron chi connectivity index (χ3n) is 5.25. The van der Waals surface area contributed by atoms with Crippen LogP contribution in [0.2, 0.25) is 5.02 Å². The van der Waals surface area contributed by atoms with Gasteiger partial charge >= 0.3 is 12.1 Å². The van der Waals surface area contributed by atoms with Crippen LogP contribution in [-0.4, -0.2) is 41.6 Å². The summed E-state index contributed by atoms with van der Waals surface area (Å²) in [5.74, 6) is -0.872. The quantitative estimate of drug-likeness (QED) is 0.569. The lowest BCUT2D eigenvalue weighted by molar-refractivity contribution is -0.133. The molecule has 1 atom stereocenters. The van der Waals surface area contributed by atoms with Crippen molar-refractivity contribution < 1.29 is 23.9 Å². The van der Waals surface area contributed by atoms with Crippen LogP contribution < -0.4 is 5.73 Å². The lowest BCUT2D eigenvalue weighted by Gasteiger charge is -2.43. The fraction of sp³-hybridized carbons (Fsp3) is 0.333. The van der Waals surface area contributed by atoms with E-state index in [1.807, 2.05) is 0 Å². The Hall–Kier alpha value is -3.13. The molecule has 0 saturated heterocycles. The van der Waals surface area contributed by atoms with Crippen LogP contribution in [0.5, 0.6) is 0 Å². The SMILES string of the molecule is CN(C(=O)OCOC(=O)c1cccnc1N)[C@]1(c2ccccc2Cl)CCCCC1=O. The molecule has 0 spiro atoms. The van der Waals surface area contributed by atoms with E-state index in [0.717, 1.165) is 12.8 Å². The van der Waals surface area contributed by atoms with Gasteiger partial charge in [0.1, 0.15) is 16.9 Å². The van der Waals surface area contributed by atoms with Gasteiger partial charge < -0.3 is 15.2 Å². The van der Waals surface area contributed by atoms with Crippen LogP contribution in [0.1, 0.15) is 41.6 Å². The van der Waals surface area contributed by atoms with Gasteiger partial charge in [0.15, 0.2) is 5.78 Å². The molecule has 158 valence electrons. The Kier molecular flexibility index (Phi) is 6.56. The fourth-order valence-electron chi connectivity index (χ4n) is 3.68. The number of amides is 1. The van der Waals surface area contributed by atoms with Gasteiger partial charge in [0.2, 0.25) is 6.79 Å². The van der Waals surface area contributed by atoms with Crippen molar-refractivity contribution in [1.29, 1.82) is 0 Å². The molecule has 8 nitrogen and oxygen atoms in total. The van der Waals surface area contributed by atoms with Crippen molar-refractivity contribution in [3.8, 4) is 0 Å². The number of anilines is 1. The zero-order chi connectivity index (χ0) is 21.7. The average molecular weight is 432 g/mol. The molecule has 3 rings (SSSR count). The van der Waals surface area contributed by atoms with E-state index in [1.165, 1.54) is 30.3 Å². The van der Waals surface area contributed by atoms with Gasteiger partial charge in [-0.15, -0.1) is 0 Å². The first-order valence-electron chi connectivity index (χ1n) is 9.44. The summed E-state index contributed by atoms with van der Waals surface area (Å²) in [5.41, 5.74) is 5.02. The fourth-order valence-corrected chi connectivity index (χ4v) is 3.98. The van der Waals surface area contributed by atoms with E-state index < -0.39 is 24.4 Å². The summed E-state index contributed by atoms with van der Waals surface area (Å²) >= 11 is 6.37. The molecule has 9 heteroatoms. The van der Waals surface area contributed by atoms with Crippen LogP contribution in [0.4, 0.5) is 10.6 Å². The number of nitrogens with two attached hydrogens (primary N) is 1. The Morgan fingerprint density at radius 3 is 2.67 bits per heavy atom. The highest BCUT2D eigenvalue weighted by molar-refractivity contribution is 6.31. The summed E-state index contributed by atoms with van der Waals surface area (Å²) in [6.45, 7) is -0.636. The third-order valence-corrected chi connectivity index (χ3v) is 5.58. The molecule has 2 N–H and O–H groups in total. The molecule has 1 aliphatic carbocycles. The lowest BCUT2D eigenvalue weighted by atomic mass is 9.74. The topological polar surface area (TPSA) is 112 Å². The van der Waals surface area contributed by atoms with Crippen molar-refractivity contribution >= 4 is 35.3 Å². The van der Waals surface area contributed by atoms with Crippen LogP contribution in [0, 0.1) is 0 Å². The molecule has 30 heavy (non-hydrogen) atoms. The van der Waals surface area contributed by atoms with Crippen molar-refractivity contribution in [2.45, 2.75) is 31.2 Å². The maximum Gasteiger partial charge on any atom is 0.413 e. The molecule has 0 bridgehead atoms. The molecule has 2 aromatic rings. The molecule has 1 saturated carbocycles. The van der Waals surface area contributed by atoms with Gasteiger partial charge in [-0.05, 0) is 37.5 Å². The third kappa shape index (κ3) is 4.09. The Labute approximate surface area is 178 Å². The molecular weight excluding hydrogens is 410 g/mol. The maximum atomic E-state index is 13.0. The molecule has 0 radical (unpaired) electrons. The normalized spacial score (nSPS) is 18.5. The molecule has 1 amide bonds. The predicted molar refractivity (Wildman–Crippen MR) is 110 cm³/mol. The molecule has 1 fully saturated rings. The maximum absolute atomic E-state index is 13.0. The summed E-state index contributed by atoms with van der Waals surface area (Å²) in [6, 6.07) is 9.93. The number of halogens is 1. The van der Waals surface area contributed by atoms with Crippen LogP contribution in [0.25, 0.3) is 0 Å². The summed E-state index contributed by atoms with van der Waals surface area (Å²) < 4.78 is 10.1. The van der Waals surface area contributed by atoms with E-state index in [4.69, 9.17) is 26.8 Å². The number of ether oxygens (including phenoxy) is 2. The number of benzene rings is 1. The second kappa shape index (κ2) is 9.13. The van der Waals surface area contributed by atoms with Gasteiger partial charge in [-0.3, -0.25) is 9.69 Å². The van der Waals surface area contributed by atoms with E-state index >= 15 is 0 Å². The van der Waals surface area contributed by atoms with Gasteiger partial charge in [-0.25, -0.2) is 14.6 Å². The van der Waals surface area contributed by atoms with Crippen molar-refractivity contribution in [3.63, 3.8) is 0 Å². The standard InChI is InChI=1S/C21H22ClN3O5/c1-25(20(28)30-13-29-19(27)14-7-6-12-24-18(14)23)21(11-5-4-10-17(21)26)15-8-2-3-9-16(15)22/h2-3,6-9,12H,4-5,10-11,13H2,1H3,(H2,23,24)/t21-/m0/s1. The Bertz CT molecular complexity index is 967. The second-order valence-corrected chi connectivity index (χ2v) is 7.33. The number of nitrogens with zero attached hydrogens (tertiary/aromatic N) is 2. The number of nitrogen functional groups attached to an aromatic ring is 1. The van der Waals surface area contributed by atoms with Crippen LogP contribution in [0.15, 0.2) is 42.6 Å². The minimum absolute atomic E-state index is 0.0106. The predicted octanol–water partition coefficient (Wildman–Crippen LogP) is 3.54. The monoisotopic (exact) mass is 431 g/mol. The van der Waals surface area contributed by atoms with E-state index in [1.54, 1.807) is 24.3 Å². The van der Waals surface area contributed by atoms with E-state index in [-0.39, 0.29) is 17.2 Å². The summed E-state index contributed by atoms with van der Waals surface area (Å²) in [7, 11) is 1.48. The van der Waals surface area contributed by atoms with Crippen LogP contribution >= 0.6 is 11.6 Å². The number of esters is 1. The number of carbonyl (C=O) groups is 3. The minimum atomic E-state index is -1.23. The van der Waals surface area contributed by atoms with Crippen molar-refractivity contribution in [3.05, 3.63) is 58.7 Å². The highest BCUT2D eigenvalue weighted by atomic mass is 35.5. The Morgan fingerprint density at radius 2 is 1.97 bits per heavy atom. The molecule has 1 aromatic carbocycles. The number of likely N-dealkylation sites (N-methyl/N-ethyl adjacent to an activating group) is 1. The number of hydrogen-bond donors (Lipinski definition) is 1. The number of hydrogen-bond acceptors (Lipinski definition) is 7. The first-order chi connectivity index (χ1) is 14.4. The summed E-state index contributed by atoms with van der Waals surface area (Å²) in [5, 5.41) is 0.394. The largest absolute Gasteiger partial charge is 0.424 e. The van der Waals surface area contributed by atoms with Gasteiger partial charge in [0, 0.05) is 30.3 Å². The summed E-state index contributed by atoms with van der Waals surface area (Å²) in [6.07, 6.45) is 2.89. The van der Waals surface area contributed by atoms with E-state index in [0.29, 0.717) is 23.4 Å². The zero-order valence-electron chi connectivity index (χ0n) is 16.5. The molecular formula is C21H22ClN3O5. The number of carbonyl (C=O) groups excluding carboxylic acids is 3. The van der Waals surface area contributed by atoms with Gasteiger partial charge in [-0.1, -0.05) is 29.8 Å². The lowest BCUT2D eigenvalue weighted by Crippen LogP contribution is -2.54. The first kappa shape index (κ1) is 21.6. The summed E-state index contributed by atoms with van der Waals surface area (Å²) in [4.78, 5) is 42.9. The van der Waals surface area contributed by atoms with Gasteiger partial charge in [0.25, 0.3) is 0 Å². The molecule has 1 aliphatic rings. The van der Waals surface area contributed by atoms with Crippen molar-refractivity contribution in [2.75, 3.05) is 19.6 Å². The first-order valence-corrected chi connectivity index (χ1v) is 9.82. The minimum Gasteiger partial charge on any atom is -0.424 e. The zero-order valence-corrected chi connectivity index (χ0v) is 17.2. The molecule has 0 aliphatic heterocycles. The number of Topliss-reactive ketones (excluding diaryl/α,β-unsaturated/α-hetero) is 1. The molecule has 0 unspecified atom stereocenters. The highest BCUT2D eigenvalue weighted by Gasteiger charge is 2.48. The highest BCUT2D eigenvalue weighted by Crippen LogP contribution is 2.42. The number of rotatable bonds is 5. The van der Waals surface area contributed by atoms with Crippen molar-refractivity contribution in [1.82, 2.24) is 9.88 Å².